The molecule has 29 heavy (non-hydrogen) atoms. The van der Waals surface area contributed by atoms with Gasteiger partial charge in [0.05, 0.1) is 23.9 Å². The zero-order valence-corrected chi connectivity index (χ0v) is 16.1. The SMILES string of the molecule is N#Cc1c2n(c(=O)n(CC(=O)Nc3cc4c(cc3Cl)OCCCO4)c1=O)CCC2. The first-order valence-electron chi connectivity index (χ1n) is 9.15. The van der Waals surface area contributed by atoms with Crippen molar-refractivity contribution in [2.24, 2.45) is 0 Å². The topological polar surface area (TPSA) is 115 Å². The molecule has 2 aromatic rings. The fraction of sp³-hybridized carbons (Fsp3) is 0.368. The highest BCUT2D eigenvalue weighted by Gasteiger charge is 2.24. The quantitative estimate of drug-likeness (QED) is 0.805. The standard InChI is InChI=1S/C19H17ClN4O5/c20-12-7-15-16(29-6-2-5-28-15)8-13(12)22-17(25)10-24-18(26)11(9-21)14-3-1-4-23(14)19(24)27/h7-8H,1-6,10H2,(H,22,25). The van der Waals surface area contributed by atoms with Crippen LogP contribution in [0.2, 0.25) is 5.02 Å². The number of nitrogens with zero attached hydrogens (tertiary/aromatic N) is 3. The van der Waals surface area contributed by atoms with E-state index < -0.39 is 23.7 Å². The molecule has 0 radical (unpaired) electrons. The second kappa shape index (κ2) is 7.64. The average Bonchev–Trinajstić information content (AvgIpc) is 3.07. The van der Waals surface area contributed by atoms with Gasteiger partial charge in [0.1, 0.15) is 18.2 Å². The minimum Gasteiger partial charge on any atom is -0.490 e. The monoisotopic (exact) mass is 416 g/mol. The Kier molecular flexibility index (Phi) is 5.03. The molecule has 1 amide bonds. The van der Waals surface area contributed by atoms with Crippen molar-refractivity contribution in [2.45, 2.75) is 32.4 Å². The summed E-state index contributed by atoms with van der Waals surface area (Å²) in [7, 11) is 0. The van der Waals surface area contributed by atoms with Crippen LogP contribution in [0.1, 0.15) is 24.1 Å². The molecular weight excluding hydrogens is 400 g/mol. The molecular formula is C19H17ClN4O5. The Hall–Kier alpha value is -3.25. The molecule has 9 nitrogen and oxygen atoms in total. The third kappa shape index (κ3) is 3.47. The molecule has 0 fully saturated rings. The van der Waals surface area contributed by atoms with Crippen LogP contribution >= 0.6 is 11.6 Å². The maximum atomic E-state index is 12.6. The summed E-state index contributed by atoms with van der Waals surface area (Å²) in [6.45, 7) is 0.859. The summed E-state index contributed by atoms with van der Waals surface area (Å²) in [5.74, 6) is 0.309. The lowest BCUT2D eigenvalue weighted by atomic mass is 10.2. The van der Waals surface area contributed by atoms with Crippen LogP contribution in [0.5, 0.6) is 11.5 Å². The van der Waals surface area contributed by atoms with E-state index in [4.69, 9.17) is 21.1 Å². The highest BCUT2D eigenvalue weighted by atomic mass is 35.5. The number of hydrogen-bond donors (Lipinski definition) is 1. The summed E-state index contributed by atoms with van der Waals surface area (Å²) >= 11 is 6.22. The van der Waals surface area contributed by atoms with Crippen molar-refractivity contribution in [3.63, 3.8) is 0 Å². The molecule has 10 heteroatoms. The Morgan fingerprint density at radius 2 is 1.93 bits per heavy atom. The lowest BCUT2D eigenvalue weighted by Crippen LogP contribution is -2.44. The molecule has 3 heterocycles. The van der Waals surface area contributed by atoms with Crippen LogP contribution in [0.25, 0.3) is 0 Å². The van der Waals surface area contributed by atoms with Gasteiger partial charge in [0.15, 0.2) is 11.5 Å². The number of benzene rings is 1. The van der Waals surface area contributed by atoms with E-state index in [-0.39, 0.29) is 16.3 Å². The molecule has 1 aromatic heterocycles. The van der Waals surface area contributed by atoms with Crippen molar-refractivity contribution < 1.29 is 14.3 Å². The minimum absolute atomic E-state index is 0.0940. The van der Waals surface area contributed by atoms with E-state index in [2.05, 4.69) is 5.32 Å². The number of anilines is 1. The van der Waals surface area contributed by atoms with Gasteiger partial charge in [-0.3, -0.25) is 14.2 Å². The molecule has 1 N–H and O–H groups in total. The number of fused-ring (bicyclic) bond motifs is 2. The van der Waals surface area contributed by atoms with Crippen molar-refractivity contribution in [3.05, 3.63) is 49.3 Å². The zero-order valence-electron chi connectivity index (χ0n) is 15.4. The molecule has 2 aliphatic heterocycles. The van der Waals surface area contributed by atoms with Gasteiger partial charge in [-0.1, -0.05) is 11.6 Å². The third-order valence-electron chi connectivity index (χ3n) is 4.86. The van der Waals surface area contributed by atoms with Crippen molar-refractivity contribution in [2.75, 3.05) is 18.5 Å². The Balaban J connectivity index is 1.62. The van der Waals surface area contributed by atoms with Crippen molar-refractivity contribution in [3.8, 4) is 17.6 Å². The maximum absolute atomic E-state index is 12.6. The van der Waals surface area contributed by atoms with Crippen LogP contribution in [-0.4, -0.2) is 28.3 Å². The van der Waals surface area contributed by atoms with Gasteiger partial charge < -0.3 is 14.8 Å². The number of rotatable bonds is 3. The van der Waals surface area contributed by atoms with E-state index >= 15 is 0 Å². The summed E-state index contributed by atoms with van der Waals surface area (Å²) < 4.78 is 13.3. The summed E-state index contributed by atoms with van der Waals surface area (Å²) in [6, 6.07) is 4.94. The summed E-state index contributed by atoms with van der Waals surface area (Å²) in [4.78, 5) is 37.7. The highest BCUT2D eigenvalue weighted by Crippen LogP contribution is 2.37. The van der Waals surface area contributed by atoms with Crippen LogP contribution in [0.3, 0.4) is 0 Å². The van der Waals surface area contributed by atoms with E-state index in [1.807, 2.05) is 6.07 Å². The Morgan fingerprint density at radius 1 is 1.21 bits per heavy atom. The van der Waals surface area contributed by atoms with Gasteiger partial charge in [0.25, 0.3) is 5.56 Å². The van der Waals surface area contributed by atoms with Gasteiger partial charge in [-0.15, -0.1) is 0 Å². The Labute approximate surface area is 170 Å². The number of nitrogens with one attached hydrogen (secondary N) is 1. The summed E-state index contributed by atoms with van der Waals surface area (Å²) in [6.07, 6.45) is 1.89. The van der Waals surface area contributed by atoms with Crippen LogP contribution in [0.4, 0.5) is 5.69 Å². The molecule has 0 bridgehead atoms. The highest BCUT2D eigenvalue weighted by molar-refractivity contribution is 6.34. The van der Waals surface area contributed by atoms with E-state index in [1.165, 1.54) is 4.57 Å². The lowest BCUT2D eigenvalue weighted by molar-refractivity contribution is -0.116. The number of ether oxygens (including phenoxy) is 2. The van der Waals surface area contributed by atoms with Gasteiger partial charge in [-0.05, 0) is 12.8 Å². The molecule has 0 atom stereocenters. The summed E-state index contributed by atoms with van der Waals surface area (Å²) in [5, 5.41) is 12.1. The molecule has 0 unspecified atom stereocenters. The van der Waals surface area contributed by atoms with E-state index in [9.17, 15) is 19.6 Å². The van der Waals surface area contributed by atoms with Crippen molar-refractivity contribution in [1.29, 1.82) is 5.26 Å². The number of carbonyl (C=O) groups is 1. The lowest BCUT2D eigenvalue weighted by Gasteiger charge is -2.14. The van der Waals surface area contributed by atoms with Gasteiger partial charge in [-0.25, -0.2) is 9.36 Å². The van der Waals surface area contributed by atoms with Gasteiger partial charge in [0.2, 0.25) is 5.91 Å². The molecule has 0 aliphatic carbocycles. The zero-order chi connectivity index (χ0) is 20.5. The number of amides is 1. The predicted molar refractivity (Wildman–Crippen MR) is 104 cm³/mol. The molecule has 2 aliphatic rings. The van der Waals surface area contributed by atoms with Crippen LogP contribution < -0.4 is 26.0 Å². The van der Waals surface area contributed by atoms with E-state index in [0.717, 1.165) is 11.0 Å². The summed E-state index contributed by atoms with van der Waals surface area (Å²) in [5.41, 5.74) is -0.740. The van der Waals surface area contributed by atoms with Gasteiger partial charge >= 0.3 is 5.69 Å². The fourth-order valence-electron chi connectivity index (χ4n) is 3.50. The van der Waals surface area contributed by atoms with Crippen molar-refractivity contribution in [1.82, 2.24) is 9.13 Å². The first kappa shape index (κ1) is 19.1. The number of halogens is 1. The second-order valence-electron chi connectivity index (χ2n) is 6.74. The number of hydrogen-bond acceptors (Lipinski definition) is 6. The first-order chi connectivity index (χ1) is 14.0. The van der Waals surface area contributed by atoms with Gasteiger partial charge in [0, 0.05) is 30.8 Å². The smallest absolute Gasteiger partial charge is 0.331 e. The van der Waals surface area contributed by atoms with E-state index in [0.29, 0.717) is 49.8 Å². The Morgan fingerprint density at radius 3 is 2.66 bits per heavy atom. The number of carbonyl (C=O) groups excluding carboxylic acids is 1. The maximum Gasteiger partial charge on any atom is 0.331 e. The van der Waals surface area contributed by atoms with Crippen molar-refractivity contribution >= 4 is 23.2 Å². The predicted octanol–water partition coefficient (Wildman–Crippen LogP) is 1.28. The van der Waals surface area contributed by atoms with Crippen LogP contribution in [0.15, 0.2) is 21.7 Å². The van der Waals surface area contributed by atoms with Crippen LogP contribution in [-0.2, 0) is 24.3 Å². The minimum atomic E-state index is -0.759. The molecule has 1 aromatic carbocycles. The molecule has 150 valence electrons. The van der Waals surface area contributed by atoms with Gasteiger partial charge in [-0.2, -0.15) is 5.26 Å². The third-order valence-corrected chi connectivity index (χ3v) is 5.17. The Bertz CT molecular complexity index is 1160. The number of nitriles is 1. The van der Waals surface area contributed by atoms with Crippen LogP contribution in [0, 0.1) is 11.3 Å². The van der Waals surface area contributed by atoms with E-state index in [1.54, 1.807) is 12.1 Å². The first-order valence-corrected chi connectivity index (χ1v) is 9.53. The molecule has 0 saturated carbocycles. The molecule has 0 saturated heterocycles. The number of aromatic nitrogens is 2. The largest absolute Gasteiger partial charge is 0.490 e. The fourth-order valence-corrected chi connectivity index (χ4v) is 3.70. The second-order valence-corrected chi connectivity index (χ2v) is 7.15. The molecule has 0 spiro atoms. The average molecular weight is 417 g/mol. The normalized spacial score (nSPS) is 14.6. The molecule has 4 rings (SSSR count).